The van der Waals surface area contributed by atoms with Crippen LogP contribution in [0.25, 0.3) is 0 Å². The van der Waals surface area contributed by atoms with E-state index in [9.17, 15) is 4.79 Å². The number of Topliss-reactive ketones (excluding diaryl/α,β-unsaturated/α-hetero) is 1. The molecule has 0 bridgehead atoms. The van der Waals surface area contributed by atoms with E-state index in [4.69, 9.17) is 4.74 Å². The lowest BCUT2D eigenvalue weighted by Gasteiger charge is -2.29. The van der Waals surface area contributed by atoms with E-state index in [1.165, 1.54) is 12.8 Å². The summed E-state index contributed by atoms with van der Waals surface area (Å²) in [5, 5.41) is 0. The molecule has 2 nitrogen and oxygen atoms in total. The van der Waals surface area contributed by atoms with Crippen molar-refractivity contribution in [3.05, 3.63) is 5.92 Å². The van der Waals surface area contributed by atoms with E-state index in [-0.39, 0.29) is 0 Å². The Hall–Kier alpha value is -0.370. The summed E-state index contributed by atoms with van der Waals surface area (Å²) in [6, 6.07) is 0. The van der Waals surface area contributed by atoms with Gasteiger partial charge in [0.2, 0.25) is 0 Å². The van der Waals surface area contributed by atoms with Crippen LogP contribution < -0.4 is 0 Å². The molecule has 1 aliphatic carbocycles. The van der Waals surface area contributed by atoms with Crippen molar-refractivity contribution in [1.82, 2.24) is 0 Å². The van der Waals surface area contributed by atoms with E-state index >= 15 is 0 Å². The molecule has 1 unspecified atom stereocenters. The molecular formula is C13H23O2. The number of hydrogen-bond donors (Lipinski definition) is 0. The van der Waals surface area contributed by atoms with Gasteiger partial charge in [0, 0.05) is 26.1 Å². The van der Waals surface area contributed by atoms with E-state index < -0.39 is 0 Å². The number of methoxy groups -OCH3 is 1. The van der Waals surface area contributed by atoms with Gasteiger partial charge in [-0.15, -0.1) is 0 Å². The van der Waals surface area contributed by atoms with E-state index in [0.29, 0.717) is 11.7 Å². The number of ketones is 1. The predicted molar refractivity (Wildman–Crippen MR) is 61.6 cm³/mol. The van der Waals surface area contributed by atoms with Gasteiger partial charge in [0.1, 0.15) is 5.78 Å². The molecule has 0 heterocycles. The van der Waals surface area contributed by atoms with E-state index in [1.807, 2.05) is 0 Å². The van der Waals surface area contributed by atoms with Crippen LogP contribution in [0.2, 0.25) is 0 Å². The minimum Gasteiger partial charge on any atom is -0.384 e. The highest BCUT2D eigenvalue weighted by atomic mass is 16.5. The maximum atomic E-state index is 11.9. The Balaban J connectivity index is 2.43. The first-order valence-corrected chi connectivity index (χ1v) is 6.17. The molecule has 0 N–H and O–H groups in total. The molecule has 0 aromatic rings. The average molecular weight is 211 g/mol. The van der Waals surface area contributed by atoms with Gasteiger partial charge in [-0.05, 0) is 25.2 Å². The molecule has 87 valence electrons. The third-order valence-corrected chi connectivity index (χ3v) is 3.22. The van der Waals surface area contributed by atoms with Crippen molar-refractivity contribution in [2.75, 3.05) is 13.7 Å². The molecule has 0 saturated heterocycles. The Kier molecular flexibility index (Phi) is 5.92. The second-order valence-corrected chi connectivity index (χ2v) is 4.45. The van der Waals surface area contributed by atoms with Crippen molar-refractivity contribution in [2.45, 2.75) is 51.9 Å². The number of hydrogen-bond acceptors (Lipinski definition) is 2. The summed E-state index contributed by atoms with van der Waals surface area (Å²) in [4.78, 5) is 11.9. The molecule has 1 rings (SSSR count). The summed E-state index contributed by atoms with van der Waals surface area (Å²) in [6.07, 6.45) is 7.46. The number of carbonyl (C=O) groups excluding carboxylic acids is 1. The second-order valence-electron chi connectivity index (χ2n) is 4.45. The van der Waals surface area contributed by atoms with Crippen LogP contribution in [-0.2, 0) is 9.53 Å². The summed E-state index contributed by atoms with van der Waals surface area (Å²) in [6.45, 7) is 2.86. The van der Waals surface area contributed by atoms with Crippen LogP contribution in [0.1, 0.15) is 51.9 Å². The monoisotopic (exact) mass is 211 g/mol. The Labute approximate surface area is 93.4 Å². The van der Waals surface area contributed by atoms with Gasteiger partial charge < -0.3 is 4.74 Å². The zero-order valence-corrected chi connectivity index (χ0v) is 10.1. The fraction of sp³-hybridized carbons (Fsp3) is 0.846. The zero-order valence-electron chi connectivity index (χ0n) is 10.1. The average Bonchev–Trinajstić information content (AvgIpc) is 2.27. The Bertz CT molecular complexity index is 187. The van der Waals surface area contributed by atoms with Gasteiger partial charge in [0.05, 0.1) is 0 Å². The second kappa shape index (κ2) is 7.00. The van der Waals surface area contributed by atoms with Crippen LogP contribution in [0.3, 0.4) is 0 Å². The number of carbonyl (C=O) groups is 1. The van der Waals surface area contributed by atoms with Crippen LogP contribution in [0.5, 0.6) is 0 Å². The number of ether oxygens (including phenoxy) is 1. The summed E-state index contributed by atoms with van der Waals surface area (Å²) in [5.41, 5.74) is 0. The van der Waals surface area contributed by atoms with Crippen LogP contribution in [-0.4, -0.2) is 19.5 Å². The lowest BCUT2D eigenvalue weighted by Crippen LogP contribution is -2.28. The summed E-state index contributed by atoms with van der Waals surface area (Å²) >= 11 is 0. The van der Waals surface area contributed by atoms with Gasteiger partial charge in [-0.1, -0.05) is 26.2 Å². The van der Waals surface area contributed by atoms with Gasteiger partial charge >= 0.3 is 0 Å². The Morgan fingerprint density at radius 3 is 2.93 bits per heavy atom. The molecule has 0 amide bonds. The van der Waals surface area contributed by atoms with Crippen molar-refractivity contribution in [3.63, 3.8) is 0 Å². The molecule has 15 heavy (non-hydrogen) atoms. The van der Waals surface area contributed by atoms with Crippen molar-refractivity contribution in [3.8, 4) is 0 Å². The van der Waals surface area contributed by atoms with Crippen LogP contribution in [0.4, 0.5) is 0 Å². The molecule has 0 aliphatic heterocycles. The topological polar surface area (TPSA) is 26.3 Å². The molecule has 1 fully saturated rings. The summed E-state index contributed by atoms with van der Waals surface area (Å²) in [5.74, 6) is 1.98. The first-order valence-electron chi connectivity index (χ1n) is 6.17. The molecule has 1 aliphatic rings. The van der Waals surface area contributed by atoms with Gasteiger partial charge in [0.25, 0.3) is 0 Å². The Morgan fingerprint density at radius 1 is 1.47 bits per heavy atom. The van der Waals surface area contributed by atoms with Crippen LogP contribution in [0.15, 0.2) is 0 Å². The fourth-order valence-electron chi connectivity index (χ4n) is 2.33. The molecule has 0 aromatic carbocycles. The minimum atomic E-state index is 0.401. The third kappa shape index (κ3) is 3.94. The van der Waals surface area contributed by atoms with Crippen LogP contribution >= 0.6 is 0 Å². The molecule has 1 atom stereocenters. The smallest absolute Gasteiger partial charge is 0.140 e. The molecule has 0 spiro atoms. The Morgan fingerprint density at radius 2 is 2.27 bits per heavy atom. The number of unbranched alkanes of at least 4 members (excludes halogenated alkanes) is 1. The third-order valence-electron chi connectivity index (χ3n) is 3.22. The van der Waals surface area contributed by atoms with Crippen molar-refractivity contribution in [1.29, 1.82) is 0 Å². The highest BCUT2D eigenvalue weighted by Crippen LogP contribution is 2.33. The van der Waals surface area contributed by atoms with Crippen molar-refractivity contribution < 1.29 is 9.53 Å². The molecule has 1 saturated carbocycles. The SMILES string of the molecule is CCCCC(=O)[C]1CCCCC1COC. The first kappa shape index (κ1) is 12.7. The largest absolute Gasteiger partial charge is 0.384 e. The highest BCUT2D eigenvalue weighted by Gasteiger charge is 2.30. The van der Waals surface area contributed by atoms with Gasteiger partial charge in [-0.25, -0.2) is 0 Å². The summed E-state index contributed by atoms with van der Waals surface area (Å²) < 4.78 is 5.19. The first-order chi connectivity index (χ1) is 7.29. The lowest BCUT2D eigenvalue weighted by molar-refractivity contribution is -0.119. The van der Waals surface area contributed by atoms with Crippen molar-refractivity contribution >= 4 is 5.78 Å². The lowest BCUT2D eigenvalue weighted by atomic mass is 9.76. The zero-order chi connectivity index (χ0) is 11.1. The molecular weight excluding hydrogens is 188 g/mol. The van der Waals surface area contributed by atoms with Crippen molar-refractivity contribution in [2.24, 2.45) is 5.92 Å². The predicted octanol–water partition coefficient (Wildman–Crippen LogP) is 3.16. The van der Waals surface area contributed by atoms with Gasteiger partial charge in [0.15, 0.2) is 0 Å². The van der Waals surface area contributed by atoms with E-state index in [2.05, 4.69) is 6.92 Å². The summed E-state index contributed by atoms with van der Waals surface area (Å²) in [7, 11) is 1.72. The normalized spacial score (nSPS) is 22.9. The van der Waals surface area contributed by atoms with Gasteiger partial charge in [-0.2, -0.15) is 0 Å². The van der Waals surface area contributed by atoms with Crippen LogP contribution in [0, 0.1) is 11.8 Å². The number of rotatable bonds is 6. The molecule has 0 aromatic heterocycles. The maximum absolute atomic E-state index is 11.9. The highest BCUT2D eigenvalue weighted by molar-refractivity contribution is 5.92. The standard InChI is InChI=1S/C13H23O2/c1-3-4-9-13(14)12-8-6-5-7-11(12)10-15-2/h11H,3-10H2,1-2H3. The van der Waals surface area contributed by atoms with E-state index in [1.54, 1.807) is 7.11 Å². The molecule has 1 radical (unpaired) electrons. The maximum Gasteiger partial charge on any atom is 0.140 e. The quantitative estimate of drug-likeness (QED) is 0.674. The fourth-order valence-corrected chi connectivity index (χ4v) is 2.33. The minimum absolute atomic E-state index is 0.401. The van der Waals surface area contributed by atoms with E-state index in [0.717, 1.165) is 44.6 Å². The molecule has 2 heteroatoms. The van der Waals surface area contributed by atoms with Gasteiger partial charge in [-0.3, -0.25) is 4.79 Å².